The van der Waals surface area contributed by atoms with Crippen LogP contribution in [0.2, 0.25) is 5.02 Å². The highest BCUT2D eigenvalue weighted by molar-refractivity contribution is 6.31. The molecule has 0 N–H and O–H groups in total. The van der Waals surface area contributed by atoms with E-state index >= 15 is 0 Å². The summed E-state index contributed by atoms with van der Waals surface area (Å²) in [7, 11) is 0. The molecular formula is C33H24ClNO9. The summed E-state index contributed by atoms with van der Waals surface area (Å²) in [6.45, 7) is -0.324. The Hall–Kier alpha value is -5.19. The first-order chi connectivity index (χ1) is 21.4. The van der Waals surface area contributed by atoms with Crippen LogP contribution in [0.25, 0.3) is 11.1 Å². The molecule has 2 heterocycles. The van der Waals surface area contributed by atoms with Crippen LogP contribution in [0.15, 0.2) is 118 Å². The van der Waals surface area contributed by atoms with E-state index in [2.05, 4.69) is 0 Å². The van der Waals surface area contributed by atoms with Crippen LogP contribution in [-0.4, -0.2) is 47.4 Å². The number of fused-ring (bicyclic) bond motifs is 1. The molecule has 1 saturated heterocycles. The molecule has 0 radical (unpaired) electrons. The van der Waals surface area contributed by atoms with Crippen molar-refractivity contribution in [3.8, 4) is 0 Å². The number of carbonyl (C=O) groups excluding carboxylic acids is 3. The third-order valence-electron chi connectivity index (χ3n) is 7.00. The van der Waals surface area contributed by atoms with E-state index < -0.39 is 48.2 Å². The lowest BCUT2D eigenvalue weighted by molar-refractivity contribution is -0.212. The Kier molecular flexibility index (Phi) is 8.27. The summed E-state index contributed by atoms with van der Waals surface area (Å²) >= 11 is 6.23. The van der Waals surface area contributed by atoms with Crippen molar-refractivity contribution < 1.29 is 37.7 Å². The van der Waals surface area contributed by atoms with Gasteiger partial charge in [-0.2, -0.15) is 0 Å². The average molecular weight is 614 g/mol. The van der Waals surface area contributed by atoms with Gasteiger partial charge in [0, 0.05) is 5.02 Å². The molecule has 4 unspecified atom stereocenters. The number of nitrogens with zero attached hydrogens (tertiary/aromatic N) is 1. The molecule has 0 bridgehead atoms. The summed E-state index contributed by atoms with van der Waals surface area (Å²) in [6.07, 6.45) is -5.51. The quantitative estimate of drug-likeness (QED) is 0.174. The third-order valence-corrected chi connectivity index (χ3v) is 7.24. The predicted octanol–water partition coefficient (Wildman–Crippen LogP) is 5.45. The summed E-state index contributed by atoms with van der Waals surface area (Å²) in [6, 6.07) is 29.0. The van der Waals surface area contributed by atoms with Crippen molar-refractivity contribution in [1.29, 1.82) is 0 Å². The van der Waals surface area contributed by atoms with Gasteiger partial charge in [0.25, 0.3) is 0 Å². The Morgan fingerprint density at radius 2 is 1.18 bits per heavy atom. The summed E-state index contributed by atoms with van der Waals surface area (Å²) in [5, 5.41) is 0.308. The van der Waals surface area contributed by atoms with E-state index in [0.717, 1.165) is 4.57 Å². The molecule has 0 spiro atoms. The molecule has 1 aliphatic heterocycles. The zero-order valence-corrected chi connectivity index (χ0v) is 23.7. The first-order valence-corrected chi connectivity index (χ1v) is 14.0. The number of carbonyl (C=O) groups is 3. The van der Waals surface area contributed by atoms with Gasteiger partial charge in [-0.15, -0.1) is 0 Å². The summed E-state index contributed by atoms with van der Waals surface area (Å²) < 4.78 is 30.3. The second-order valence-corrected chi connectivity index (χ2v) is 10.3. The Morgan fingerprint density at radius 3 is 1.73 bits per heavy atom. The lowest BCUT2D eigenvalue weighted by Gasteiger charge is -2.40. The molecule has 11 heteroatoms. The van der Waals surface area contributed by atoms with Crippen LogP contribution in [0.1, 0.15) is 37.3 Å². The fourth-order valence-electron chi connectivity index (χ4n) is 4.91. The standard InChI is InChI=1S/C33H24ClNO9/c34-23-16-17-25-24(18-23)35(33(39)42-25)29-28(44-32(38)22-14-8-3-9-15-22)27(43-31(37)21-12-6-2-7-13-21)26(19-40-29)41-30(36)20-10-4-1-5-11-20/h1-18,26-29H,19H2. The minimum absolute atomic E-state index is 0.190. The summed E-state index contributed by atoms with van der Waals surface area (Å²) in [5.41, 5.74) is 1.09. The van der Waals surface area contributed by atoms with Gasteiger partial charge in [-0.05, 0) is 54.6 Å². The monoisotopic (exact) mass is 613 g/mol. The van der Waals surface area contributed by atoms with Crippen molar-refractivity contribution in [1.82, 2.24) is 4.57 Å². The van der Waals surface area contributed by atoms with E-state index in [1.54, 1.807) is 84.9 Å². The van der Waals surface area contributed by atoms with Gasteiger partial charge in [0.1, 0.15) is 0 Å². The summed E-state index contributed by atoms with van der Waals surface area (Å²) in [5.74, 6) is -3.12. The van der Waals surface area contributed by atoms with Crippen molar-refractivity contribution in [2.45, 2.75) is 24.5 Å². The predicted molar refractivity (Wildman–Crippen MR) is 157 cm³/mol. The molecule has 0 saturated carbocycles. The largest absolute Gasteiger partial charge is 0.452 e. The highest BCUT2D eigenvalue weighted by Crippen LogP contribution is 2.34. The number of hydrogen-bond donors (Lipinski definition) is 0. The van der Waals surface area contributed by atoms with Crippen LogP contribution in [0.4, 0.5) is 0 Å². The Bertz CT molecular complexity index is 1850. The van der Waals surface area contributed by atoms with Crippen LogP contribution in [0.3, 0.4) is 0 Å². The van der Waals surface area contributed by atoms with Crippen LogP contribution < -0.4 is 5.76 Å². The van der Waals surface area contributed by atoms with E-state index in [0.29, 0.717) is 5.02 Å². The Labute approximate surface area is 255 Å². The van der Waals surface area contributed by atoms with E-state index in [1.165, 1.54) is 24.3 Å². The molecule has 1 aliphatic rings. The maximum Gasteiger partial charge on any atom is 0.422 e. The molecule has 4 atom stereocenters. The number of ether oxygens (including phenoxy) is 4. The van der Waals surface area contributed by atoms with Crippen molar-refractivity contribution in [3.63, 3.8) is 0 Å². The molecule has 1 fully saturated rings. The normalized spacial score (nSPS) is 19.7. The lowest BCUT2D eigenvalue weighted by atomic mass is 10.0. The van der Waals surface area contributed by atoms with Gasteiger partial charge in [0.05, 0.1) is 28.8 Å². The first-order valence-electron chi connectivity index (χ1n) is 13.6. The van der Waals surface area contributed by atoms with E-state index in [9.17, 15) is 19.2 Å². The number of rotatable bonds is 7. The van der Waals surface area contributed by atoms with Gasteiger partial charge in [-0.3, -0.25) is 0 Å². The Balaban J connectivity index is 1.44. The fraction of sp³-hybridized carbons (Fsp3) is 0.152. The van der Waals surface area contributed by atoms with Crippen molar-refractivity contribution in [3.05, 3.63) is 141 Å². The number of esters is 3. The maximum absolute atomic E-state index is 13.4. The second kappa shape index (κ2) is 12.6. The van der Waals surface area contributed by atoms with E-state index in [1.807, 2.05) is 0 Å². The molecule has 0 amide bonds. The van der Waals surface area contributed by atoms with Crippen LogP contribution in [-0.2, 0) is 18.9 Å². The highest BCUT2D eigenvalue weighted by Gasteiger charge is 2.49. The van der Waals surface area contributed by atoms with Gasteiger partial charge in [0.15, 0.2) is 30.1 Å². The minimum atomic E-state index is -1.49. The van der Waals surface area contributed by atoms with E-state index in [-0.39, 0.29) is 34.4 Å². The SMILES string of the molecule is O=C(OC1COC(n2c(=O)oc3ccc(Cl)cc32)C(OC(=O)c2ccccc2)C1OC(=O)c1ccccc1)c1ccccc1. The zero-order valence-electron chi connectivity index (χ0n) is 22.9. The molecule has 1 aromatic heterocycles. The third kappa shape index (κ3) is 5.98. The molecule has 44 heavy (non-hydrogen) atoms. The van der Waals surface area contributed by atoms with Gasteiger partial charge < -0.3 is 23.4 Å². The minimum Gasteiger partial charge on any atom is -0.452 e. The number of oxazole rings is 1. The molecular weight excluding hydrogens is 590 g/mol. The molecule has 0 aliphatic carbocycles. The smallest absolute Gasteiger partial charge is 0.422 e. The number of halogens is 1. The van der Waals surface area contributed by atoms with Gasteiger partial charge in [0.2, 0.25) is 0 Å². The van der Waals surface area contributed by atoms with Gasteiger partial charge in [-0.25, -0.2) is 23.7 Å². The van der Waals surface area contributed by atoms with E-state index in [4.69, 9.17) is 35.0 Å². The first kappa shape index (κ1) is 28.9. The van der Waals surface area contributed by atoms with Crippen molar-refractivity contribution >= 4 is 40.6 Å². The highest BCUT2D eigenvalue weighted by atomic mass is 35.5. The fourth-order valence-corrected chi connectivity index (χ4v) is 5.07. The lowest BCUT2D eigenvalue weighted by Crippen LogP contribution is -2.56. The van der Waals surface area contributed by atoms with Gasteiger partial charge in [-0.1, -0.05) is 66.2 Å². The molecule has 5 aromatic rings. The molecule has 222 valence electrons. The van der Waals surface area contributed by atoms with Crippen molar-refractivity contribution in [2.24, 2.45) is 0 Å². The van der Waals surface area contributed by atoms with Crippen LogP contribution in [0.5, 0.6) is 0 Å². The zero-order chi connectivity index (χ0) is 30.6. The summed E-state index contributed by atoms with van der Waals surface area (Å²) in [4.78, 5) is 53.1. The Morgan fingerprint density at radius 1 is 0.682 bits per heavy atom. The maximum atomic E-state index is 13.4. The van der Waals surface area contributed by atoms with Crippen LogP contribution in [0, 0.1) is 0 Å². The number of benzene rings is 4. The van der Waals surface area contributed by atoms with Crippen molar-refractivity contribution in [2.75, 3.05) is 6.61 Å². The van der Waals surface area contributed by atoms with Crippen LogP contribution >= 0.6 is 11.6 Å². The molecule has 10 nitrogen and oxygen atoms in total. The molecule has 6 rings (SSSR count). The second-order valence-electron chi connectivity index (χ2n) is 9.86. The van der Waals surface area contributed by atoms with Gasteiger partial charge >= 0.3 is 23.7 Å². The number of aromatic nitrogens is 1. The number of hydrogen-bond acceptors (Lipinski definition) is 9. The average Bonchev–Trinajstić information content (AvgIpc) is 3.38. The molecule has 4 aromatic carbocycles. The topological polar surface area (TPSA) is 123 Å².